The maximum Gasteiger partial charge on any atom is 0.188 e. The zero-order valence-electron chi connectivity index (χ0n) is 4.46. The van der Waals surface area contributed by atoms with Crippen molar-refractivity contribution in [1.82, 2.24) is 0 Å². The molecule has 2 aliphatic rings. The molecule has 2 aliphatic heterocycles. The van der Waals surface area contributed by atoms with Gasteiger partial charge in [0.1, 0.15) is 0 Å². The molecular weight excluding hydrogens is 106 g/mol. The smallest absolute Gasteiger partial charge is 0.188 e. The van der Waals surface area contributed by atoms with E-state index in [1.54, 1.807) is 6.21 Å². The molecule has 0 aliphatic carbocycles. The minimum Gasteiger partial charge on any atom is -0.384 e. The van der Waals surface area contributed by atoms with Crippen LogP contribution in [0.2, 0.25) is 0 Å². The summed E-state index contributed by atoms with van der Waals surface area (Å²) >= 11 is 0. The third kappa shape index (κ3) is 0.395. The number of ether oxygens (including phenoxy) is 1. The van der Waals surface area contributed by atoms with Crippen molar-refractivity contribution in [1.29, 1.82) is 0 Å². The number of nitrogens with zero attached hydrogens (tertiary/aromatic N) is 1. The third-order valence-corrected chi connectivity index (χ3v) is 1.51. The van der Waals surface area contributed by atoms with Gasteiger partial charge in [-0.15, -0.1) is 0 Å². The molecule has 0 aromatic rings. The highest BCUT2D eigenvalue weighted by Gasteiger charge is 2.43. The lowest BCUT2D eigenvalue weighted by molar-refractivity contribution is -0.194. The lowest BCUT2D eigenvalue weighted by atomic mass is 10.00. The third-order valence-electron chi connectivity index (χ3n) is 1.51. The predicted octanol–water partition coefficient (Wildman–Crippen LogP) is 0.161. The van der Waals surface area contributed by atoms with Gasteiger partial charge in [0.25, 0.3) is 0 Å². The van der Waals surface area contributed by atoms with Gasteiger partial charge < -0.3 is 9.57 Å². The van der Waals surface area contributed by atoms with Crippen LogP contribution < -0.4 is 0 Å². The van der Waals surface area contributed by atoms with Crippen molar-refractivity contribution in [3.63, 3.8) is 0 Å². The first-order valence-corrected chi connectivity index (χ1v) is 2.69. The van der Waals surface area contributed by atoms with E-state index >= 15 is 0 Å². The van der Waals surface area contributed by atoms with Crippen molar-refractivity contribution in [2.45, 2.75) is 12.0 Å². The molecule has 0 saturated carbocycles. The van der Waals surface area contributed by atoms with Crippen LogP contribution in [0.4, 0.5) is 0 Å². The summed E-state index contributed by atoms with van der Waals surface area (Å²) in [6.07, 6.45) is 2.72. The van der Waals surface area contributed by atoms with Crippen LogP contribution in [0.25, 0.3) is 0 Å². The number of hydrogen-bond donors (Lipinski definition) is 0. The molecule has 3 heteroatoms. The van der Waals surface area contributed by atoms with Crippen LogP contribution in [0, 0.1) is 0 Å². The molecule has 2 rings (SSSR count). The van der Waals surface area contributed by atoms with Gasteiger partial charge in [-0.05, 0) is 0 Å². The Morgan fingerprint density at radius 3 is 2.62 bits per heavy atom. The highest BCUT2D eigenvalue weighted by Crippen LogP contribution is 2.28. The Labute approximate surface area is 47.3 Å². The van der Waals surface area contributed by atoms with Crippen molar-refractivity contribution in [3.8, 4) is 0 Å². The lowest BCUT2D eigenvalue weighted by Crippen LogP contribution is -2.49. The molecule has 2 heterocycles. The summed E-state index contributed by atoms with van der Waals surface area (Å²) in [7, 11) is 0. The molecule has 0 amide bonds. The van der Waals surface area contributed by atoms with E-state index in [1.165, 1.54) is 0 Å². The molecule has 0 aromatic heterocycles. The van der Waals surface area contributed by atoms with Gasteiger partial charge >= 0.3 is 0 Å². The fourth-order valence-corrected chi connectivity index (χ4v) is 0.890. The monoisotopic (exact) mass is 113 g/mol. The molecule has 0 atom stereocenters. The number of oxime groups is 1. The molecule has 3 nitrogen and oxygen atoms in total. The van der Waals surface area contributed by atoms with E-state index in [0.717, 1.165) is 6.42 Å². The second-order valence-corrected chi connectivity index (χ2v) is 2.26. The standard InChI is InChI=1S/C5H7NO2/c1-2-6-8-5(1)3-7-4-5/h2H,1,3-4H2. The molecule has 0 unspecified atom stereocenters. The second-order valence-electron chi connectivity index (χ2n) is 2.26. The summed E-state index contributed by atoms with van der Waals surface area (Å²) in [5.74, 6) is 0. The van der Waals surface area contributed by atoms with Crippen molar-refractivity contribution >= 4 is 6.21 Å². The van der Waals surface area contributed by atoms with E-state index < -0.39 is 0 Å². The van der Waals surface area contributed by atoms with Crippen LogP contribution in [0.5, 0.6) is 0 Å². The van der Waals surface area contributed by atoms with E-state index in [4.69, 9.17) is 9.57 Å². The molecule has 1 saturated heterocycles. The van der Waals surface area contributed by atoms with Gasteiger partial charge in [-0.3, -0.25) is 0 Å². The zero-order chi connectivity index (χ0) is 5.45. The highest BCUT2D eigenvalue weighted by molar-refractivity contribution is 5.60. The molecule has 0 bridgehead atoms. The first kappa shape index (κ1) is 4.32. The van der Waals surface area contributed by atoms with E-state index in [0.29, 0.717) is 13.2 Å². The normalized spacial score (nSPS) is 30.0. The Kier molecular flexibility index (Phi) is 0.663. The number of hydrogen-bond acceptors (Lipinski definition) is 3. The second kappa shape index (κ2) is 1.23. The van der Waals surface area contributed by atoms with E-state index in [2.05, 4.69) is 5.16 Å². The largest absolute Gasteiger partial charge is 0.384 e. The minimum absolute atomic E-state index is 0.0278. The van der Waals surface area contributed by atoms with Gasteiger partial charge in [0.15, 0.2) is 5.60 Å². The lowest BCUT2D eigenvalue weighted by Gasteiger charge is -2.34. The summed E-state index contributed by atoms with van der Waals surface area (Å²) in [5, 5.41) is 3.65. The molecule has 44 valence electrons. The molecule has 1 spiro atoms. The summed E-state index contributed by atoms with van der Waals surface area (Å²) in [6.45, 7) is 1.43. The molecule has 0 N–H and O–H groups in total. The summed E-state index contributed by atoms with van der Waals surface area (Å²) in [5.41, 5.74) is -0.0278. The predicted molar refractivity (Wildman–Crippen MR) is 27.7 cm³/mol. The van der Waals surface area contributed by atoms with Crippen LogP contribution in [0.1, 0.15) is 6.42 Å². The van der Waals surface area contributed by atoms with E-state index in [9.17, 15) is 0 Å². The zero-order valence-corrected chi connectivity index (χ0v) is 4.46. The Morgan fingerprint density at radius 1 is 1.50 bits per heavy atom. The summed E-state index contributed by atoms with van der Waals surface area (Å²) < 4.78 is 4.96. The van der Waals surface area contributed by atoms with Crippen LogP contribution >= 0.6 is 0 Å². The Balaban J connectivity index is 2.06. The SMILES string of the molecule is C1=NOC2(C1)COC2. The summed E-state index contributed by atoms with van der Waals surface area (Å²) in [6, 6.07) is 0. The molecular formula is C5H7NO2. The molecule has 8 heavy (non-hydrogen) atoms. The van der Waals surface area contributed by atoms with Gasteiger partial charge in [-0.1, -0.05) is 5.16 Å². The topological polar surface area (TPSA) is 30.8 Å². The van der Waals surface area contributed by atoms with Crippen molar-refractivity contribution < 1.29 is 9.57 Å². The average Bonchev–Trinajstić information content (AvgIpc) is 2.07. The fourth-order valence-electron chi connectivity index (χ4n) is 0.890. The first-order valence-electron chi connectivity index (χ1n) is 2.69. The Morgan fingerprint density at radius 2 is 2.38 bits per heavy atom. The van der Waals surface area contributed by atoms with Crippen LogP contribution in [-0.4, -0.2) is 25.0 Å². The average molecular weight is 113 g/mol. The quantitative estimate of drug-likeness (QED) is 0.448. The van der Waals surface area contributed by atoms with Gasteiger partial charge in [0.05, 0.1) is 13.2 Å². The van der Waals surface area contributed by atoms with Gasteiger partial charge in [-0.25, -0.2) is 0 Å². The maximum absolute atomic E-state index is 5.02. The van der Waals surface area contributed by atoms with Gasteiger partial charge in [0, 0.05) is 12.6 Å². The van der Waals surface area contributed by atoms with Crippen molar-refractivity contribution in [3.05, 3.63) is 0 Å². The molecule has 0 aromatic carbocycles. The Bertz CT molecular complexity index is 118. The van der Waals surface area contributed by atoms with Crippen LogP contribution in [0.15, 0.2) is 5.16 Å². The molecule has 0 radical (unpaired) electrons. The molecule has 1 fully saturated rings. The highest BCUT2D eigenvalue weighted by atomic mass is 16.7. The van der Waals surface area contributed by atoms with Crippen molar-refractivity contribution in [2.75, 3.05) is 13.2 Å². The van der Waals surface area contributed by atoms with E-state index in [1.807, 2.05) is 0 Å². The van der Waals surface area contributed by atoms with Gasteiger partial charge in [-0.2, -0.15) is 0 Å². The number of rotatable bonds is 0. The van der Waals surface area contributed by atoms with E-state index in [-0.39, 0.29) is 5.60 Å². The Hall–Kier alpha value is -0.570. The first-order chi connectivity index (χ1) is 3.91. The van der Waals surface area contributed by atoms with Crippen LogP contribution in [0.3, 0.4) is 0 Å². The van der Waals surface area contributed by atoms with Crippen LogP contribution in [-0.2, 0) is 9.57 Å². The maximum atomic E-state index is 5.02. The van der Waals surface area contributed by atoms with Gasteiger partial charge in [0.2, 0.25) is 0 Å². The minimum atomic E-state index is -0.0278. The van der Waals surface area contributed by atoms with Crippen molar-refractivity contribution in [2.24, 2.45) is 5.16 Å². The summed E-state index contributed by atoms with van der Waals surface area (Å²) in [4.78, 5) is 5.02. The fraction of sp³-hybridized carbons (Fsp3) is 0.800.